The van der Waals surface area contributed by atoms with Crippen LogP contribution >= 0.6 is 38.9 Å². The quantitative estimate of drug-likeness (QED) is 0.660. The van der Waals surface area contributed by atoms with Gasteiger partial charge in [0.1, 0.15) is 5.82 Å². The average Bonchev–Trinajstić information content (AvgIpc) is 2.58. The molecule has 84 valence electrons. The molecule has 0 saturated heterocycles. The first kappa shape index (κ1) is 12.1. The molecule has 0 aliphatic carbocycles. The summed E-state index contributed by atoms with van der Waals surface area (Å²) in [5.74, 6) is -0.263. The fraction of sp³-hybridized carbons (Fsp3) is 0.167. The summed E-state index contributed by atoms with van der Waals surface area (Å²) in [6.07, 6.45) is 0. The minimum absolute atomic E-state index is 0.263. The van der Waals surface area contributed by atoms with E-state index in [9.17, 15) is 4.39 Å². The van der Waals surface area contributed by atoms with E-state index in [2.05, 4.69) is 15.9 Å². The number of thiophene rings is 1. The lowest BCUT2D eigenvalue weighted by Gasteiger charge is -2.09. The highest BCUT2D eigenvalue weighted by Crippen LogP contribution is 2.39. The van der Waals surface area contributed by atoms with Crippen molar-refractivity contribution in [1.29, 1.82) is 0 Å². The number of halogens is 3. The minimum Gasteiger partial charge on any atom is -0.207 e. The zero-order chi connectivity index (χ0) is 11.7. The van der Waals surface area contributed by atoms with Gasteiger partial charge in [-0.05, 0) is 35.0 Å². The van der Waals surface area contributed by atoms with Crippen LogP contribution in [0.15, 0.2) is 34.8 Å². The van der Waals surface area contributed by atoms with Crippen molar-refractivity contribution in [3.8, 4) is 0 Å². The summed E-state index contributed by atoms with van der Waals surface area (Å²) >= 11 is 11.3. The molecule has 16 heavy (non-hydrogen) atoms. The predicted molar refractivity (Wildman–Crippen MR) is 70.9 cm³/mol. The first-order valence-corrected chi connectivity index (χ1v) is 6.78. The first-order valence-electron chi connectivity index (χ1n) is 4.74. The van der Waals surface area contributed by atoms with Crippen LogP contribution in [0, 0.1) is 12.7 Å². The smallest absolute Gasteiger partial charge is 0.128 e. The van der Waals surface area contributed by atoms with Gasteiger partial charge in [-0.25, -0.2) is 4.39 Å². The highest BCUT2D eigenvalue weighted by atomic mass is 79.9. The standard InChI is InChI=1S/C12H9BrClFS/c1-7-6-9(13)12(16-7)11(14)8-4-2-3-5-10(8)15/h2-6,11H,1H3. The maximum Gasteiger partial charge on any atom is 0.128 e. The summed E-state index contributed by atoms with van der Waals surface area (Å²) < 4.78 is 14.5. The third-order valence-corrected chi connectivity index (χ3v) is 4.86. The SMILES string of the molecule is Cc1cc(Br)c(C(Cl)c2ccccc2F)s1. The molecule has 2 aromatic rings. The van der Waals surface area contributed by atoms with Crippen LogP contribution in [0.1, 0.15) is 20.7 Å². The van der Waals surface area contributed by atoms with E-state index < -0.39 is 5.38 Å². The molecule has 1 aromatic heterocycles. The summed E-state index contributed by atoms with van der Waals surface area (Å²) in [7, 11) is 0. The molecule has 0 N–H and O–H groups in total. The Kier molecular flexibility index (Phi) is 3.67. The molecule has 1 atom stereocenters. The molecule has 0 nitrogen and oxygen atoms in total. The van der Waals surface area contributed by atoms with E-state index in [4.69, 9.17) is 11.6 Å². The Hall–Kier alpha value is -0.380. The van der Waals surface area contributed by atoms with Gasteiger partial charge < -0.3 is 0 Å². The molecule has 0 aliphatic rings. The first-order chi connectivity index (χ1) is 7.59. The predicted octanol–water partition coefficient (Wildman–Crippen LogP) is 5.29. The van der Waals surface area contributed by atoms with Gasteiger partial charge in [0.2, 0.25) is 0 Å². The largest absolute Gasteiger partial charge is 0.207 e. The Bertz CT molecular complexity index is 509. The van der Waals surface area contributed by atoms with Crippen LogP contribution in [-0.2, 0) is 0 Å². The Morgan fingerprint density at radius 3 is 2.62 bits per heavy atom. The van der Waals surface area contributed by atoms with Gasteiger partial charge in [0.15, 0.2) is 0 Å². The number of hydrogen-bond acceptors (Lipinski definition) is 1. The maximum atomic E-state index is 13.6. The average molecular weight is 320 g/mol. The topological polar surface area (TPSA) is 0 Å². The van der Waals surface area contributed by atoms with E-state index >= 15 is 0 Å². The Balaban J connectivity index is 2.43. The second-order valence-electron chi connectivity index (χ2n) is 3.45. The summed E-state index contributed by atoms with van der Waals surface area (Å²) in [5, 5.41) is -0.436. The van der Waals surface area contributed by atoms with Crippen molar-refractivity contribution in [2.45, 2.75) is 12.3 Å². The van der Waals surface area contributed by atoms with Crippen molar-refractivity contribution in [2.75, 3.05) is 0 Å². The monoisotopic (exact) mass is 318 g/mol. The van der Waals surface area contributed by atoms with Crippen molar-refractivity contribution >= 4 is 38.9 Å². The van der Waals surface area contributed by atoms with E-state index in [0.717, 1.165) is 14.2 Å². The van der Waals surface area contributed by atoms with Crippen LogP contribution in [0.3, 0.4) is 0 Å². The Morgan fingerprint density at radius 1 is 1.38 bits per heavy atom. The molecular weight excluding hydrogens is 311 g/mol. The minimum atomic E-state index is -0.436. The van der Waals surface area contributed by atoms with Gasteiger partial charge in [-0.1, -0.05) is 18.2 Å². The van der Waals surface area contributed by atoms with E-state index in [1.165, 1.54) is 6.07 Å². The van der Waals surface area contributed by atoms with Crippen molar-refractivity contribution < 1.29 is 4.39 Å². The highest BCUT2D eigenvalue weighted by molar-refractivity contribution is 9.10. The molecule has 4 heteroatoms. The molecular formula is C12H9BrClFS. The van der Waals surface area contributed by atoms with Gasteiger partial charge in [0, 0.05) is 19.8 Å². The molecule has 1 aromatic carbocycles. The van der Waals surface area contributed by atoms with E-state index in [1.54, 1.807) is 29.5 Å². The summed E-state index contributed by atoms with van der Waals surface area (Å²) in [4.78, 5) is 2.10. The van der Waals surface area contributed by atoms with Gasteiger partial charge in [-0.15, -0.1) is 22.9 Å². The summed E-state index contributed by atoms with van der Waals surface area (Å²) in [5.41, 5.74) is 0.520. The summed E-state index contributed by atoms with van der Waals surface area (Å²) in [6.45, 7) is 2.00. The molecule has 0 amide bonds. The van der Waals surface area contributed by atoms with Crippen LogP contribution in [0.2, 0.25) is 0 Å². The van der Waals surface area contributed by atoms with Crippen molar-refractivity contribution in [1.82, 2.24) is 0 Å². The van der Waals surface area contributed by atoms with Crippen LogP contribution in [-0.4, -0.2) is 0 Å². The lowest BCUT2D eigenvalue weighted by molar-refractivity contribution is 0.613. The Morgan fingerprint density at radius 2 is 2.06 bits per heavy atom. The fourth-order valence-electron chi connectivity index (χ4n) is 1.50. The van der Waals surface area contributed by atoms with Crippen molar-refractivity contribution in [2.24, 2.45) is 0 Å². The third-order valence-electron chi connectivity index (χ3n) is 2.24. The number of rotatable bonds is 2. The van der Waals surface area contributed by atoms with Gasteiger partial charge in [-0.2, -0.15) is 0 Å². The number of aryl methyl sites for hydroxylation is 1. The molecule has 0 bridgehead atoms. The molecule has 0 saturated carbocycles. The molecule has 1 unspecified atom stereocenters. The van der Waals surface area contributed by atoms with E-state index in [1.807, 2.05) is 13.0 Å². The van der Waals surface area contributed by atoms with Gasteiger partial charge in [-0.3, -0.25) is 0 Å². The zero-order valence-corrected chi connectivity index (χ0v) is 11.7. The fourth-order valence-corrected chi connectivity index (χ4v) is 3.93. The van der Waals surface area contributed by atoms with Crippen molar-refractivity contribution in [3.05, 3.63) is 55.9 Å². The van der Waals surface area contributed by atoms with Crippen molar-refractivity contribution in [3.63, 3.8) is 0 Å². The molecule has 2 rings (SSSR count). The Labute approximate surface area is 111 Å². The second kappa shape index (κ2) is 4.86. The molecule has 0 spiro atoms. The van der Waals surface area contributed by atoms with Crippen LogP contribution < -0.4 is 0 Å². The number of hydrogen-bond donors (Lipinski definition) is 0. The van der Waals surface area contributed by atoms with Gasteiger partial charge in [0.05, 0.1) is 5.38 Å². The van der Waals surface area contributed by atoms with E-state index in [0.29, 0.717) is 5.56 Å². The lowest BCUT2D eigenvalue weighted by Crippen LogP contribution is -1.94. The maximum absolute atomic E-state index is 13.6. The number of alkyl halides is 1. The molecule has 0 radical (unpaired) electrons. The van der Waals surface area contributed by atoms with Crippen LogP contribution in [0.4, 0.5) is 4.39 Å². The zero-order valence-electron chi connectivity index (χ0n) is 8.51. The lowest BCUT2D eigenvalue weighted by atomic mass is 10.1. The van der Waals surface area contributed by atoms with Gasteiger partial charge >= 0.3 is 0 Å². The van der Waals surface area contributed by atoms with Gasteiger partial charge in [0.25, 0.3) is 0 Å². The highest BCUT2D eigenvalue weighted by Gasteiger charge is 2.19. The molecule has 1 heterocycles. The molecule has 0 aliphatic heterocycles. The normalized spacial score (nSPS) is 12.8. The van der Waals surface area contributed by atoms with E-state index in [-0.39, 0.29) is 5.82 Å². The van der Waals surface area contributed by atoms with Crippen LogP contribution in [0.5, 0.6) is 0 Å². The van der Waals surface area contributed by atoms with Crippen LogP contribution in [0.25, 0.3) is 0 Å². The number of benzene rings is 1. The second-order valence-corrected chi connectivity index (χ2v) is 6.03. The third kappa shape index (κ3) is 2.31. The summed E-state index contributed by atoms with van der Waals surface area (Å²) in [6, 6.07) is 8.60. The molecule has 0 fully saturated rings.